The molecule has 82 valence electrons. The van der Waals surface area contributed by atoms with Crippen LogP contribution in [0.25, 0.3) is 0 Å². The number of rotatable bonds is 4. The summed E-state index contributed by atoms with van der Waals surface area (Å²) in [7, 11) is 0. The van der Waals surface area contributed by atoms with Crippen molar-refractivity contribution < 1.29 is 0 Å². The Balaban J connectivity index is 1.94. The molecule has 1 aliphatic rings. The van der Waals surface area contributed by atoms with Gasteiger partial charge >= 0.3 is 0 Å². The zero-order valence-electron chi connectivity index (χ0n) is 9.79. The molecule has 0 heterocycles. The van der Waals surface area contributed by atoms with Gasteiger partial charge in [0.25, 0.3) is 0 Å². The standard InChI is InChI=1S/C14H21N/c1-3-12-7-9-13(10-8-12)11(2)15-14-5-4-6-14/h7-11,14-15H,3-6H2,1-2H3. The minimum absolute atomic E-state index is 0.501. The normalized spacial score (nSPS) is 18.5. The summed E-state index contributed by atoms with van der Waals surface area (Å²) in [6, 6.07) is 10.3. The van der Waals surface area contributed by atoms with Gasteiger partial charge in [-0.1, -0.05) is 37.6 Å². The van der Waals surface area contributed by atoms with E-state index in [1.807, 2.05) is 0 Å². The summed E-state index contributed by atoms with van der Waals surface area (Å²) in [5, 5.41) is 3.67. The molecule has 1 heteroatoms. The van der Waals surface area contributed by atoms with E-state index >= 15 is 0 Å². The van der Waals surface area contributed by atoms with Gasteiger partial charge in [-0.2, -0.15) is 0 Å². The number of nitrogens with one attached hydrogen (secondary N) is 1. The van der Waals surface area contributed by atoms with Gasteiger partial charge in [0, 0.05) is 12.1 Å². The molecule has 2 rings (SSSR count). The summed E-state index contributed by atoms with van der Waals surface area (Å²) in [5.41, 5.74) is 2.84. The summed E-state index contributed by atoms with van der Waals surface area (Å²) in [6.45, 7) is 4.46. The number of hydrogen-bond acceptors (Lipinski definition) is 1. The Bertz CT molecular complexity index is 298. The molecule has 1 nitrogen and oxygen atoms in total. The average molecular weight is 203 g/mol. The first-order chi connectivity index (χ1) is 7.29. The van der Waals surface area contributed by atoms with Gasteiger partial charge in [0.1, 0.15) is 0 Å². The van der Waals surface area contributed by atoms with E-state index in [-0.39, 0.29) is 0 Å². The molecular formula is C14H21N. The zero-order valence-corrected chi connectivity index (χ0v) is 9.79. The van der Waals surface area contributed by atoms with Crippen LogP contribution in [0.2, 0.25) is 0 Å². The second-order valence-corrected chi connectivity index (χ2v) is 4.61. The average Bonchev–Trinajstić information content (AvgIpc) is 2.23. The van der Waals surface area contributed by atoms with Gasteiger partial charge in [-0.15, -0.1) is 0 Å². The molecule has 0 spiro atoms. The van der Waals surface area contributed by atoms with Crippen LogP contribution in [0.15, 0.2) is 24.3 Å². The van der Waals surface area contributed by atoms with E-state index in [1.165, 1.54) is 30.4 Å². The molecule has 0 aromatic heterocycles. The highest BCUT2D eigenvalue weighted by Gasteiger charge is 2.19. The lowest BCUT2D eigenvalue weighted by Crippen LogP contribution is -2.36. The van der Waals surface area contributed by atoms with E-state index in [0.717, 1.165) is 12.5 Å². The van der Waals surface area contributed by atoms with E-state index in [2.05, 4.69) is 43.4 Å². The fourth-order valence-corrected chi connectivity index (χ4v) is 2.07. The number of hydrogen-bond donors (Lipinski definition) is 1. The van der Waals surface area contributed by atoms with Gasteiger partial charge in [-0.3, -0.25) is 0 Å². The van der Waals surface area contributed by atoms with Crippen LogP contribution in [0, 0.1) is 0 Å². The molecule has 1 N–H and O–H groups in total. The monoisotopic (exact) mass is 203 g/mol. The van der Waals surface area contributed by atoms with Crippen LogP contribution < -0.4 is 5.32 Å². The van der Waals surface area contributed by atoms with Crippen molar-refractivity contribution in [3.05, 3.63) is 35.4 Å². The van der Waals surface area contributed by atoms with Crippen molar-refractivity contribution in [1.82, 2.24) is 5.32 Å². The van der Waals surface area contributed by atoms with Gasteiger partial charge in [0.2, 0.25) is 0 Å². The van der Waals surface area contributed by atoms with E-state index in [0.29, 0.717) is 6.04 Å². The second-order valence-electron chi connectivity index (χ2n) is 4.61. The maximum atomic E-state index is 3.67. The van der Waals surface area contributed by atoms with Crippen molar-refractivity contribution in [3.63, 3.8) is 0 Å². The maximum Gasteiger partial charge on any atom is 0.0294 e. The van der Waals surface area contributed by atoms with Crippen LogP contribution in [0.5, 0.6) is 0 Å². The lowest BCUT2D eigenvalue weighted by atomic mass is 9.91. The van der Waals surface area contributed by atoms with E-state index in [9.17, 15) is 0 Å². The molecule has 1 aromatic rings. The first-order valence-corrected chi connectivity index (χ1v) is 6.14. The van der Waals surface area contributed by atoms with Crippen LogP contribution in [0.3, 0.4) is 0 Å². The maximum absolute atomic E-state index is 3.67. The second kappa shape index (κ2) is 4.80. The fraction of sp³-hybridized carbons (Fsp3) is 0.571. The molecule has 1 atom stereocenters. The van der Waals surface area contributed by atoms with Crippen molar-refractivity contribution in [2.75, 3.05) is 0 Å². The van der Waals surface area contributed by atoms with Gasteiger partial charge < -0.3 is 5.32 Å². The molecule has 1 saturated carbocycles. The highest BCUT2D eigenvalue weighted by Crippen LogP contribution is 2.22. The third-order valence-corrected chi connectivity index (χ3v) is 3.48. The molecule has 1 fully saturated rings. The first kappa shape index (κ1) is 10.7. The van der Waals surface area contributed by atoms with Crippen molar-refractivity contribution in [1.29, 1.82) is 0 Å². The molecule has 1 aliphatic carbocycles. The Morgan fingerprint density at radius 2 is 1.93 bits per heavy atom. The van der Waals surface area contributed by atoms with Gasteiger partial charge in [-0.25, -0.2) is 0 Å². The molecule has 1 aromatic carbocycles. The van der Waals surface area contributed by atoms with E-state index < -0.39 is 0 Å². The minimum atomic E-state index is 0.501. The van der Waals surface area contributed by atoms with Crippen molar-refractivity contribution in [3.8, 4) is 0 Å². The summed E-state index contributed by atoms with van der Waals surface area (Å²) in [4.78, 5) is 0. The number of aryl methyl sites for hydroxylation is 1. The Labute approximate surface area is 92.9 Å². The topological polar surface area (TPSA) is 12.0 Å². The molecule has 0 amide bonds. The molecule has 0 radical (unpaired) electrons. The lowest BCUT2D eigenvalue weighted by Gasteiger charge is -2.30. The summed E-state index contributed by atoms with van der Waals surface area (Å²) in [6.07, 6.45) is 5.25. The Kier molecular flexibility index (Phi) is 3.42. The van der Waals surface area contributed by atoms with Crippen LogP contribution in [0.4, 0.5) is 0 Å². The molecule has 0 bridgehead atoms. The molecule has 0 aliphatic heterocycles. The van der Waals surface area contributed by atoms with Crippen LogP contribution in [-0.2, 0) is 6.42 Å². The van der Waals surface area contributed by atoms with Crippen LogP contribution in [0.1, 0.15) is 50.3 Å². The highest BCUT2D eigenvalue weighted by molar-refractivity contribution is 5.24. The third kappa shape index (κ3) is 2.60. The first-order valence-electron chi connectivity index (χ1n) is 6.14. The highest BCUT2D eigenvalue weighted by atomic mass is 15.0. The van der Waals surface area contributed by atoms with Crippen molar-refractivity contribution in [2.24, 2.45) is 0 Å². The van der Waals surface area contributed by atoms with Crippen LogP contribution in [-0.4, -0.2) is 6.04 Å². The Hall–Kier alpha value is -0.820. The summed E-state index contributed by atoms with van der Waals surface area (Å²) >= 11 is 0. The van der Waals surface area contributed by atoms with E-state index in [4.69, 9.17) is 0 Å². The van der Waals surface area contributed by atoms with Crippen molar-refractivity contribution >= 4 is 0 Å². The lowest BCUT2D eigenvalue weighted by molar-refractivity contribution is 0.313. The third-order valence-electron chi connectivity index (χ3n) is 3.48. The predicted octanol–water partition coefficient (Wildman–Crippen LogP) is 3.45. The van der Waals surface area contributed by atoms with Gasteiger partial charge in [0.15, 0.2) is 0 Å². The molecular weight excluding hydrogens is 182 g/mol. The predicted molar refractivity (Wildman–Crippen MR) is 65.0 cm³/mol. The van der Waals surface area contributed by atoms with E-state index in [1.54, 1.807) is 0 Å². The number of benzene rings is 1. The SMILES string of the molecule is CCc1ccc(C(C)NC2CCC2)cc1. The smallest absolute Gasteiger partial charge is 0.0294 e. The minimum Gasteiger partial charge on any atom is -0.307 e. The zero-order chi connectivity index (χ0) is 10.7. The quantitative estimate of drug-likeness (QED) is 0.790. The summed E-state index contributed by atoms with van der Waals surface area (Å²) in [5.74, 6) is 0. The molecule has 1 unspecified atom stereocenters. The van der Waals surface area contributed by atoms with Crippen molar-refractivity contribution in [2.45, 2.75) is 51.6 Å². The van der Waals surface area contributed by atoms with Gasteiger partial charge in [-0.05, 0) is 37.3 Å². The Morgan fingerprint density at radius 1 is 1.27 bits per heavy atom. The largest absolute Gasteiger partial charge is 0.307 e. The fourth-order valence-electron chi connectivity index (χ4n) is 2.07. The van der Waals surface area contributed by atoms with Gasteiger partial charge in [0.05, 0.1) is 0 Å². The van der Waals surface area contributed by atoms with Crippen LogP contribution >= 0.6 is 0 Å². The summed E-state index contributed by atoms with van der Waals surface area (Å²) < 4.78 is 0. The molecule has 0 saturated heterocycles. The molecule has 15 heavy (non-hydrogen) atoms. The Morgan fingerprint density at radius 3 is 2.40 bits per heavy atom.